The van der Waals surface area contributed by atoms with E-state index < -0.39 is 0 Å². The summed E-state index contributed by atoms with van der Waals surface area (Å²) in [6.07, 6.45) is 10.1. The van der Waals surface area contributed by atoms with Crippen molar-refractivity contribution in [2.24, 2.45) is 11.8 Å². The Labute approximate surface area is 123 Å². The van der Waals surface area contributed by atoms with Crippen molar-refractivity contribution in [3.05, 3.63) is 0 Å². The van der Waals surface area contributed by atoms with Gasteiger partial charge in [0, 0.05) is 6.04 Å². The Hall–Kier alpha value is -0.570. The molecule has 3 aliphatic rings. The van der Waals surface area contributed by atoms with Gasteiger partial charge in [0.25, 0.3) is 0 Å². The molecule has 3 nitrogen and oxygen atoms in total. The lowest BCUT2D eigenvalue weighted by molar-refractivity contribution is -0.134. The number of carbonyl (C=O) groups excluding carboxylic acids is 1. The van der Waals surface area contributed by atoms with Crippen molar-refractivity contribution >= 4 is 5.91 Å². The highest BCUT2D eigenvalue weighted by atomic mass is 16.2. The number of carbonyl (C=O) groups is 1. The third-order valence-electron chi connectivity index (χ3n) is 5.66. The maximum absolute atomic E-state index is 12.8. The van der Waals surface area contributed by atoms with Crippen LogP contribution in [-0.2, 0) is 4.79 Å². The first-order valence-corrected chi connectivity index (χ1v) is 8.68. The molecule has 1 atom stereocenters. The Balaban J connectivity index is 1.67. The molecule has 1 saturated heterocycles. The molecule has 0 radical (unpaired) electrons. The average molecular weight is 278 g/mol. The fourth-order valence-corrected chi connectivity index (χ4v) is 4.27. The van der Waals surface area contributed by atoms with Crippen LogP contribution in [-0.4, -0.2) is 28.6 Å². The largest absolute Gasteiger partial charge is 0.322 e. The van der Waals surface area contributed by atoms with Crippen LogP contribution in [0, 0.1) is 11.8 Å². The van der Waals surface area contributed by atoms with Crippen LogP contribution in [0.2, 0.25) is 0 Å². The van der Waals surface area contributed by atoms with Gasteiger partial charge in [0.15, 0.2) is 0 Å². The molecule has 0 aromatic heterocycles. The summed E-state index contributed by atoms with van der Waals surface area (Å²) in [6, 6.07) is 0.496. The predicted octanol–water partition coefficient (Wildman–Crippen LogP) is 3.29. The first kappa shape index (κ1) is 14.4. The molecule has 1 N–H and O–H groups in total. The van der Waals surface area contributed by atoms with Gasteiger partial charge in [-0.15, -0.1) is 0 Å². The van der Waals surface area contributed by atoms with E-state index in [-0.39, 0.29) is 11.7 Å². The highest BCUT2D eigenvalue weighted by molar-refractivity contribution is 5.92. The maximum Gasteiger partial charge on any atom is 0.244 e. The quantitative estimate of drug-likeness (QED) is 0.856. The second-order valence-electron chi connectivity index (χ2n) is 7.59. The van der Waals surface area contributed by atoms with Crippen LogP contribution >= 0.6 is 0 Å². The number of nitrogens with zero attached hydrogens (tertiary/aromatic N) is 1. The SMILES string of the molecule is CCCC1CCC(N2C(=O)C3(CC3)NC2C(C)C)CC1. The molecule has 3 rings (SSSR count). The molecule has 0 aromatic carbocycles. The van der Waals surface area contributed by atoms with Gasteiger partial charge < -0.3 is 4.90 Å². The number of hydrogen-bond donors (Lipinski definition) is 1. The van der Waals surface area contributed by atoms with Gasteiger partial charge in [-0.25, -0.2) is 0 Å². The summed E-state index contributed by atoms with van der Waals surface area (Å²) >= 11 is 0. The molecule has 1 aliphatic heterocycles. The van der Waals surface area contributed by atoms with E-state index in [1.807, 2.05) is 0 Å². The summed E-state index contributed by atoms with van der Waals surface area (Å²) in [4.78, 5) is 15.0. The van der Waals surface area contributed by atoms with Crippen LogP contribution in [0.4, 0.5) is 0 Å². The number of hydrogen-bond acceptors (Lipinski definition) is 2. The summed E-state index contributed by atoms with van der Waals surface area (Å²) in [7, 11) is 0. The molecule has 1 heterocycles. The highest BCUT2D eigenvalue weighted by Gasteiger charge is 2.60. The molecule has 3 fully saturated rings. The van der Waals surface area contributed by atoms with Gasteiger partial charge in [0.2, 0.25) is 5.91 Å². The minimum absolute atomic E-state index is 0.144. The minimum atomic E-state index is -0.144. The first-order valence-electron chi connectivity index (χ1n) is 8.68. The van der Waals surface area contributed by atoms with E-state index in [1.165, 1.54) is 38.5 Å². The smallest absolute Gasteiger partial charge is 0.244 e. The highest BCUT2D eigenvalue weighted by Crippen LogP contribution is 2.45. The topological polar surface area (TPSA) is 32.3 Å². The maximum atomic E-state index is 12.8. The lowest BCUT2D eigenvalue weighted by Gasteiger charge is -2.39. The van der Waals surface area contributed by atoms with Crippen molar-refractivity contribution in [3.63, 3.8) is 0 Å². The molecule has 20 heavy (non-hydrogen) atoms. The molecule has 2 saturated carbocycles. The summed E-state index contributed by atoms with van der Waals surface area (Å²) in [5, 5.41) is 3.65. The van der Waals surface area contributed by atoms with E-state index in [0.29, 0.717) is 17.9 Å². The molecule has 1 amide bonds. The van der Waals surface area contributed by atoms with Gasteiger partial charge in [-0.05, 0) is 50.4 Å². The van der Waals surface area contributed by atoms with Gasteiger partial charge in [-0.2, -0.15) is 0 Å². The summed E-state index contributed by atoms with van der Waals surface area (Å²) in [6.45, 7) is 6.76. The molecule has 3 heteroatoms. The second-order valence-corrected chi connectivity index (χ2v) is 7.59. The zero-order chi connectivity index (χ0) is 14.3. The molecule has 0 aromatic rings. The molecule has 114 valence electrons. The van der Waals surface area contributed by atoms with Crippen LogP contribution in [0.5, 0.6) is 0 Å². The Morgan fingerprint density at radius 3 is 2.40 bits per heavy atom. The zero-order valence-electron chi connectivity index (χ0n) is 13.3. The van der Waals surface area contributed by atoms with Crippen LogP contribution in [0.1, 0.15) is 72.1 Å². The predicted molar refractivity (Wildman–Crippen MR) is 81.2 cm³/mol. The van der Waals surface area contributed by atoms with E-state index >= 15 is 0 Å². The summed E-state index contributed by atoms with van der Waals surface area (Å²) in [5.74, 6) is 1.83. The van der Waals surface area contributed by atoms with E-state index in [0.717, 1.165) is 18.8 Å². The van der Waals surface area contributed by atoms with Gasteiger partial charge in [-0.3, -0.25) is 10.1 Å². The summed E-state index contributed by atoms with van der Waals surface area (Å²) < 4.78 is 0. The molecule has 1 unspecified atom stereocenters. The van der Waals surface area contributed by atoms with Gasteiger partial charge >= 0.3 is 0 Å². The van der Waals surface area contributed by atoms with E-state index in [4.69, 9.17) is 0 Å². The normalized spacial score (nSPS) is 36.1. The fraction of sp³-hybridized carbons (Fsp3) is 0.941. The van der Waals surface area contributed by atoms with Crippen LogP contribution in [0.25, 0.3) is 0 Å². The zero-order valence-corrected chi connectivity index (χ0v) is 13.3. The van der Waals surface area contributed by atoms with Gasteiger partial charge in [0.05, 0.1) is 11.7 Å². The van der Waals surface area contributed by atoms with E-state index in [2.05, 4.69) is 31.0 Å². The molecule has 0 bridgehead atoms. The van der Waals surface area contributed by atoms with Crippen LogP contribution in [0.3, 0.4) is 0 Å². The monoisotopic (exact) mass is 278 g/mol. The molecule has 1 spiro atoms. The lowest BCUT2D eigenvalue weighted by atomic mass is 9.82. The van der Waals surface area contributed by atoms with Crippen molar-refractivity contribution in [1.82, 2.24) is 10.2 Å². The number of rotatable bonds is 4. The Morgan fingerprint density at radius 1 is 1.25 bits per heavy atom. The summed E-state index contributed by atoms with van der Waals surface area (Å²) in [5.41, 5.74) is -0.144. The Bertz CT molecular complexity index is 367. The Morgan fingerprint density at radius 2 is 1.90 bits per heavy atom. The van der Waals surface area contributed by atoms with Crippen molar-refractivity contribution in [2.45, 2.75) is 89.9 Å². The van der Waals surface area contributed by atoms with Crippen LogP contribution < -0.4 is 5.32 Å². The van der Waals surface area contributed by atoms with Gasteiger partial charge in [-0.1, -0.05) is 33.6 Å². The van der Waals surface area contributed by atoms with E-state index in [1.54, 1.807) is 0 Å². The molecule has 2 aliphatic carbocycles. The van der Waals surface area contributed by atoms with Crippen molar-refractivity contribution in [3.8, 4) is 0 Å². The van der Waals surface area contributed by atoms with Gasteiger partial charge in [0.1, 0.15) is 0 Å². The standard InChI is InChI=1S/C17H30N2O/c1-4-5-13-6-8-14(9-7-13)19-15(12(2)3)18-17(10-11-17)16(19)20/h12-15,18H,4-11H2,1-3H3. The molecular formula is C17H30N2O. The fourth-order valence-electron chi connectivity index (χ4n) is 4.27. The molecular weight excluding hydrogens is 248 g/mol. The average Bonchev–Trinajstić information content (AvgIpc) is 3.14. The Kier molecular flexibility index (Phi) is 3.83. The van der Waals surface area contributed by atoms with Crippen molar-refractivity contribution < 1.29 is 4.79 Å². The van der Waals surface area contributed by atoms with E-state index in [9.17, 15) is 4.79 Å². The van der Waals surface area contributed by atoms with Crippen molar-refractivity contribution in [2.75, 3.05) is 0 Å². The van der Waals surface area contributed by atoms with Crippen LogP contribution in [0.15, 0.2) is 0 Å². The lowest BCUT2D eigenvalue weighted by Crippen LogP contribution is -2.48. The third kappa shape index (κ3) is 2.38. The first-order chi connectivity index (χ1) is 9.57. The third-order valence-corrected chi connectivity index (χ3v) is 5.66. The number of nitrogens with one attached hydrogen (secondary N) is 1. The minimum Gasteiger partial charge on any atom is -0.322 e. The number of amides is 1. The second kappa shape index (κ2) is 5.32. The van der Waals surface area contributed by atoms with Crippen molar-refractivity contribution in [1.29, 1.82) is 0 Å².